The van der Waals surface area contributed by atoms with Gasteiger partial charge in [-0.25, -0.2) is 17.4 Å². The molecule has 6 N–H and O–H groups in total. The number of carboxylic acids is 1. The molecular formula is C34H32ClN9O15S4. The number of hydrogen-bond acceptors (Lipinski definition) is 21. The lowest BCUT2D eigenvalue weighted by atomic mass is 10.1. The van der Waals surface area contributed by atoms with Crippen LogP contribution in [0.5, 0.6) is 5.75 Å². The Morgan fingerprint density at radius 2 is 1.44 bits per heavy atom. The number of hydrazone groups is 1. The van der Waals surface area contributed by atoms with Crippen LogP contribution in [-0.2, 0) is 58.8 Å². The summed E-state index contributed by atoms with van der Waals surface area (Å²) in [5.41, 5.74) is 1.60. The summed E-state index contributed by atoms with van der Waals surface area (Å²) in [5, 5.41) is 38.3. The van der Waals surface area contributed by atoms with Crippen LogP contribution in [0.4, 0.5) is 34.6 Å². The molecule has 0 aliphatic heterocycles. The molecule has 0 unspecified atom stereocenters. The lowest BCUT2D eigenvalue weighted by Gasteiger charge is -2.14. The molecule has 0 fully saturated rings. The first-order chi connectivity index (χ1) is 29.6. The van der Waals surface area contributed by atoms with E-state index in [2.05, 4.69) is 58.9 Å². The molecule has 0 bridgehead atoms. The van der Waals surface area contributed by atoms with Crippen LogP contribution >= 0.6 is 11.6 Å². The Labute approximate surface area is 363 Å². The topological polar surface area (TPSA) is 354 Å². The van der Waals surface area contributed by atoms with Gasteiger partial charge in [0.2, 0.25) is 23.0 Å². The highest BCUT2D eigenvalue weighted by atomic mass is 35.5. The molecule has 29 heteroatoms. The summed E-state index contributed by atoms with van der Waals surface area (Å²) in [5.74, 6) is -4.44. The van der Waals surface area contributed by atoms with E-state index < -0.39 is 80.5 Å². The van der Waals surface area contributed by atoms with Gasteiger partial charge in [-0.2, -0.15) is 45.3 Å². The zero-order valence-corrected chi connectivity index (χ0v) is 36.2. The van der Waals surface area contributed by atoms with Crippen molar-refractivity contribution in [1.29, 1.82) is 0 Å². The van der Waals surface area contributed by atoms with Gasteiger partial charge in [0, 0.05) is 11.3 Å². The van der Waals surface area contributed by atoms with Crippen LogP contribution in [0.1, 0.15) is 21.5 Å². The van der Waals surface area contributed by atoms with Gasteiger partial charge in [0.05, 0.1) is 47.6 Å². The van der Waals surface area contributed by atoms with Crippen LogP contribution in [0.15, 0.2) is 110 Å². The van der Waals surface area contributed by atoms with Crippen molar-refractivity contribution >= 4 is 98.5 Å². The third-order valence-electron chi connectivity index (χ3n) is 7.91. The number of anilines is 5. The van der Waals surface area contributed by atoms with E-state index in [1.807, 2.05) is 0 Å². The fraction of sp³-hybridized carbons (Fsp3) is 0.147. The highest BCUT2D eigenvalue weighted by Crippen LogP contribution is 2.37. The fourth-order valence-electron chi connectivity index (χ4n) is 4.99. The Bertz CT molecular complexity index is 3040. The van der Waals surface area contributed by atoms with Crippen molar-refractivity contribution in [3.05, 3.63) is 107 Å². The van der Waals surface area contributed by atoms with Crippen LogP contribution in [0.25, 0.3) is 0 Å². The lowest BCUT2D eigenvalue weighted by Crippen LogP contribution is -2.16. The molecule has 0 saturated heterocycles. The number of nitrogens with zero attached hydrogens (tertiary/aromatic N) is 6. The lowest BCUT2D eigenvalue weighted by molar-refractivity contribution is 0.0697. The predicted octanol–water partition coefficient (Wildman–Crippen LogP) is 4.38. The van der Waals surface area contributed by atoms with Crippen molar-refractivity contribution in [3.8, 4) is 5.75 Å². The predicted molar refractivity (Wildman–Crippen MR) is 224 cm³/mol. The maximum absolute atomic E-state index is 12.9. The number of sulfone groups is 1. The average molecular weight is 970 g/mol. The first-order valence-corrected chi connectivity index (χ1v) is 23.5. The van der Waals surface area contributed by atoms with Gasteiger partial charge < -0.3 is 20.8 Å². The summed E-state index contributed by atoms with van der Waals surface area (Å²) in [6, 6.07) is 18.3. The van der Waals surface area contributed by atoms with Crippen molar-refractivity contribution in [2.45, 2.75) is 15.5 Å². The van der Waals surface area contributed by atoms with Gasteiger partial charge in [0.15, 0.2) is 15.6 Å². The summed E-state index contributed by atoms with van der Waals surface area (Å²) < 4.78 is 119. The van der Waals surface area contributed by atoms with E-state index >= 15 is 0 Å². The van der Waals surface area contributed by atoms with Crippen molar-refractivity contribution in [3.63, 3.8) is 0 Å². The Morgan fingerprint density at radius 1 is 0.794 bits per heavy atom. The van der Waals surface area contributed by atoms with E-state index in [4.69, 9.17) is 11.6 Å². The number of azo groups is 1. The van der Waals surface area contributed by atoms with Gasteiger partial charge >= 0.3 is 16.4 Å². The summed E-state index contributed by atoms with van der Waals surface area (Å²) in [6.45, 7) is -0.697. The molecule has 0 aliphatic carbocycles. The van der Waals surface area contributed by atoms with Gasteiger partial charge in [-0.3, -0.25) is 18.3 Å². The molecule has 334 valence electrons. The average Bonchev–Trinajstić information content (AvgIpc) is 3.21. The number of aromatic hydroxyl groups is 1. The highest BCUT2D eigenvalue weighted by molar-refractivity contribution is 7.91. The third kappa shape index (κ3) is 13.4. The van der Waals surface area contributed by atoms with E-state index in [9.17, 15) is 53.2 Å². The molecule has 0 atom stereocenters. The van der Waals surface area contributed by atoms with Crippen molar-refractivity contribution in [2.24, 2.45) is 15.3 Å². The number of carbonyl (C=O) groups is 1. The van der Waals surface area contributed by atoms with E-state index in [0.29, 0.717) is 0 Å². The molecule has 63 heavy (non-hydrogen) atoms. The van der Waals surface area contributed by atoms with Gasteiger partial charge in [0.25, 0.3) is 20.2 Å². The quantitative estimate of drug-likeness (QED) is 0.0127. The second-order valence-corrected chi connectivity index (χ2v) is 19.2. The number of amidine groups is 1. The van der Waals surface area contributed by atoms with Crippen LogP contribution in [-0.4, -0.2) is 102 Å². The van der Waals surface area contributed by atoms with Crippen LogP contribution in [0.2, 0.25) is 5.28 Å². The van der Waals surface area contributed by atoms with E-state index in [1.165, 1.54) is 42.5 Å². The Kier molecular flexibility index (Phi) is 15.1. The Hall–Kier alpha value is -6.24. The minimum atomic E-state index is -4.50. The number of hydrogen-bond donors (Lipinski definition) is 6. The molecule has 5 aromatic rings. The number of nitrogens with one attached hydrogen (secondary N) is 3. The number of benzene rings is 4. The van der Waals surface area contributed by atoms with Gasteiger partial charge in [-0.05, 0) is 65.7 Å². The van der Waals surface area contributed by atoms with Gasteiger partial charge in [-0.1, -0.05) is 36.4 Å². The molecule has 24 nitrogen and oxygen atoms in total. The number of aromatic carboxylic acids is 1. The van der Waals surface area contributed by atoms with Gasteiger partial charge in [-0.15, -0.1) is 10.2 Å². The number of aromatic nitrogens is 3. The third-order valence-corrected chi connectivity index (χ3v) is 12.6. The molecule has 0 aliphatic rings. The molecule has 1 heterocycles. The number of halogens is 1. The minimum absolute atomic E-state index is 0.0108. The number of carboxylic acid groups (broad SMARTS) is 1. The SMILES string of the molecule is COS(=O)(=O)OCCS(=O)(=O)c1ccc(Nc2nc(Cl)nc(Nc3cc(S(=O)(=O)OC)cc(NN=C(N=Nc4cc(CS(=O)(=O)O)ccc4C(=O)O)c4ccccc4)c3O)n2)cc1. The smallest absolute Gasteiger partial charge is 0.399 e. The Balaban J connectivity index is 1.46. The normalized spacial score (nSPS) is 12.6. The monoisotopic (exact) mass is 969 g/mol. The first kappa shape index (κ1) is 47.8. The van der Waals surface area contributed by atoms with Crippen molar-refractivity contribution in [1.82, 2.24) is 15.0 Å². The largest absolute Gasteiger partial charge is 0.504 e. The fourth-order valence-corrected chi connectivity index (χ4v) is 8.04. The van der Waals surface area contributed by atoms with Crippen LogP contribution < -0.4 is 16.1 Å². The highest BCUT2D eigenvalue weighted by Gasteiger charge is 2.22. The maximum atomic E-state index is 12.9. The minimum Gasteiger partial charge on any atom is -0.504 e. The molecule has 0 saturated carbocycles. The zero-order valence-electron chi connectivity index (χ0n) is 32.1. The van der Waals surface area contributed by atoms with Crippen LogP contribution in [0.3, 0.4) is 0 Å². The molecule has 4 aromatic carbocycles. The van der Waals surface area contributed by atoms with Crippen LogP contribution in [0, 0.1) is 0 Å². The van der Waals surface area contributed by atoms with Crippen molar-refractivity contribution in [2.75, 3.05) is 42.6 Å². The second kappa shape index (κ2) is 19.9. The second-order valence-electron chi connectivity index (χ2n) is 12.2. The standard InChI is InChI=1S/C34H32ClN9O15S4/c1-57-62(53,54)24-17-27(37-34-39-32(35)38-33(40-34)36-22-9-11-23(12-10-22)60(48,49)15-14-59-63(55,56)58-2)29(45)28(18-24)42-44-30(21-6-4-3-5-7-21)43-41-26-16-20(19-61(50,51)52)8-13-25(26)31(46)47/h3-13,16-18,42,45H,14-15,19H2,1-2H3,(H,46,47)(H,50,51,52)(H2,36,37,38,39,40). The van der Waals surface area contributed by atoms with E-state index in [1.54, 1.807) is 18.2 Å². The summed E-state index contributed by atoms with van der Waals surface area (Å²) in [4.78, 5) is 23.3. The summed E-state index contributed by atoms with van der Waals surface area (Å²) in [6.07, 6.45) is 0. The molecular weight excluding hydrogens is 938 g/mol. The zero-order chi connectivity index (χ0) is 46.2. The molecule has 1 aromatic heterocycles. The summed E-state index contributed by atoms with van der Waals surface area (Å²) >= 11 is 6.15. The number of rotatable bonds is 19. The van der Waals surface area contributed by atoms with E-state index in [-0.39, 0.29) is 62.1 Å². The summed E-state index contributed by atoms with van der Waals surface area (Å²) in [7, 11) is -15.6. The first-order valence-electron chi connectivity index (χ1n) is 17.1. The number of phenolic OH excluding ortho intramolecular Hbond substituents is 1. The van der Waals surface area contributed by atoms with Gasteiger partial charge in [0.1, 0.15) is 17.1 Å². The Morgan fingerprint density at radius 3 is 2.06 bits per heavy atom. The molecule has 0 radical (unpaired) electrons. The van der Waals surface area contributed by atoms with Crippen molar-refractivity contribution < 1.29 is 65.8 Å². The maximum Gasteiger partial charge on any atom is 0.399 e. The molecule has 5 rings (SSSR count). The number of phenols is 1. The molecule has 0 spiro atoms. The van der Waals surface area contributed by atoms with E-state index in [0.717, 1.165) is 38.5 Å². The molecule has 0 amide bonds.